The van der Waals surface area contributed by atoms with Gasteiger partial charge in [-0.2, -0.15) is 5.26 Å². The summed E-state index contributed by atoms with van der Waals surface area (Å²) in [5.74, 6) is 0. The molecule has 2 heteroatoms. The van der Waals surface area contributed by atoms with Crippen LogP contribution in [0.15, 0.2) is 18.2 Å². The maximum Gasteiger partial charge on any atom is 0.0991 e. The highest BCUT2D eigenvalue weighted by molar-refractivity contribution is 5.39. The first-order valence-electron chi connectivity index (χ1n) is 4.05. The van der Waals surface area contributed by atoms with Crippen molar-refractivity contribution in [2.45, 2.75) is 13.0 Å². The Morgan fingerprint density at radius 2 is 2.25 bits per heavy atom. The monoisotopic (exact) mass is 157 g/mol. The number of fused-ring (bicyclic) bond motifs is 1. The molecule has 0 atom stereocenters. The van der Waals surface area contributed by atoms with Gasteiger partial charge in [0.2, 0.25) is 0 Å². The minimum Gasteiger partial charge on any atom is -0.237 e. The van der Waals surface area contributed by atoms with Crippen LogP contribution in [0, 0.1) is 11.3 Å². The molecule has 1 aliphatic rings. The maximum atomic E-state index is 8.67. The van der Waals surface area contributed by atoms with Crippen molar-refractivity contribution in [1.29, 1.82) is 5.26 Å². The van der Waals surface area contributed by atoms with Crippen LogP contribution in [0.3, 0.4) is 0 Å². The molecule has 0 unspecified atom stereocenters. The molecule has 0 spiro atoms. The second-order valence-electron chi connectivity index (χ2n) is 2.95. The Morgan fingerprint density at radius 1 is 1.33 bits per heavy atom. The molecule has 1 heterocycles. The summed E-state index contributed by atoms with van der Waals surface area (Å²) in [4.78, 5) is 0. The normalized spacial score (nSPS) is 14.9. The molecule has 0 amide bonds. The predicted molar refractivity (Wildman–Crippen MR) is 45.6 cm³/mol. The van der Waals surface area contributed by atoms with Crippen LogP contribution in [-0.2, 0) is 13.0 Å². The van der Waals surface area contributed by atoms with E-state index in [1.165, 1.54) is 11.1 Å². The fourth-order valence-corrected chi connectivity index (χ4v) is 1.48. The molecule has 0 fully saturated rings. The molecule has 0 bridgehead atoms. The van der Waals surface area contributed by atoms with Crippen LogP contribution >= 0.6 is 0 Å². The molecular weight excluding hydrogens is 148 g/mol. The molecule has 2 rings (SSSR count). The summed E-state index contributed by atoms with van der Waals surface area (Å²) in [6.07, 6.45) is 0.991. The quantitative estimate of drug-likeness (QED) is 0.558. The molecule has 0 saturated carbocycles. The van der Waals surface area contributed by atoms with E-state index in [9.17, 15) is 0 Å². The Labute approximate surface area is 71.8 Å². The Morgan fingerprint density at radius 3 is 3.08 bits per heavy atom. The van der Waals surface area contributed by atoms with Crippen molar-refractivity contribution in [2.24, 2.45) is 0 Å². The van der Waals surface area contributed by atoms with Crippen LogP contribution in [0.1, 0.15) is 16.7 Å². The highest BCUT2D eigenvalue weighted by Gasteiger charge is 2.08. The standard InChI is InChI=1S/C10H9N2/c11-6-8-1-2-10-7-12-4-3-9(10)5-8/h1-2,5H,3-4,7H2. The number of hydrogen-bond acceptors (Lipinski definition) is 1. The fraction of sp³-hybridized carbons (Fsp3) is 0.300. The SMILES string of the molecule is N#Cc1ccc2c(c1)CC[N]C2. The van der Waals surface area contributed by atoms with Crippen LogP contribution in [0.4, 0.5) is 0 Å². The number of benzene rings is 1. The van der Waals surface area contributed by atoms with E-state index in [1.807, 2.05) is 18.2 Å². The minimum absolute atomic E-state index is 0.760. The molecule has 0 N–H and O–H groups in total. The lowest BCUT2D eigenvalue weighted by Gasteiger charge is -2.14. The lowest BCUT2D eigenvalue weighted by molar-refractivity contribution is 0.630. The molecule has 1 radical (unpaired) electrons. The largest absolute Gasteiger partial charge is 0.237 e. The van der Waals surface area contributed by atoms with Crippen molar-refractivity contribution in [2.75, 3.05) is 6.54 Å². The second-order valence-corrected chi connectivity index (χ2v) is 2.95. The second kappa shape index (κ2) is 2.96. The molecule has 2 nitrogen and oxygen atoms in total. The van der Waals surface area contributed by atoms with Gasteiger partial charge < -0.3 is 0 Å². The van der Waals surface area contributed by atoms with Crippen molar-refractivity contribution in [1.82, 2.24) is 5.32 Å². The molecule has 1 aliphatic heterocycles. The van der Waals surface area contributed by atoms with Gasteiger partial charge in [0.05, 0.1) is 11.6 Å². The molecule has 0 saturated heterocycles. The van der Waals surface area contributed by atoms with E-state index < -0.39 is 0 Å². The molecule has 0 aromatic heterocycles. The summed E-state index contributed by atoms with van der Waals surface area (Å²) >= 11 is 0. The van der Waals surface area contributed by atoms with Gasteiger partial charge in [0.15, 0.2) is 0 Å². The third-order valence-corrected chi connectivity index (χ3v) is 2.16. The third kappa shape index (κ3) is 1.19. The minimum atomic E-state index is 0.760. The molecule has 1 aromatic carbocycles. The van der Waals surface area contributed by atoms with Crippen molar-refractivity contribution in [3.05, 3.63) is 34.9 Å². The zero-order chi connectivity index (χ0) is 8.39. The average molecular weight is 157 g/mol. The predicted octanol–water partition coefficient (Wildman–Crippen LogP) is 1.22. The molecule has 0 aliphatic carbocycles. The first kappa shape index (κ1) is 7.33. The van der Waals surface area contributed by atoms with Gasteiger partial charge in [-0.3, -0.25) is 0 Å². The first-order chi connectivity index (χ1) is 5.90. The van der Waals surface area contributed by atoms with Crippen LogP contribution in [0.5, 0.6) is 0 Å². The van der Waals surface area contributed by atoms with E-state index in [-0.39, 0.29) is 0 Å². The Hall–Kier alpha value is -1.33. The fourth-order valence-electron chi connectivity index (χ4n) is 1.48. The summed E-state index contributed by atoms with van der Waals surface area (Å²) in [6.45, 7) is 1.73. The number of hydrogen-bond donors (Lipinski definition) is 0. The van der Waals surface area contributed by atoms with Gasteiger partial charge in [-0.05, 0) is 29.7 Å². The number of rotatable bonds is 0. The van der Waals surface area contributed by atoms with Crippen molar-refractivity contribution in [3.8, 4) is 6.07 Å². The summed E-state index contributed by atoms with van der Waals surface area (Å²) in [6, 6.07) is 7.99. The smallest absolute Gasteiger partial charge is 0.0991 e. The van der Waals surface area contributed by atoms with E-state index in [0.717, 1.165) is 25.1 Å². The third-order valence-electron chi connectivity index (χ3n) is 2.16. The lowest BCUT2D eigenvalue weighted by Crippen LogP contribution is -2.17. The van der Waals surface area contributed by atoms with Gasteiger partial charge in [0.25, 0.3) is 0 Å². The zero-order valence-electron chi connectivity index (χ0n) is 6.75. The van der Waals surface area contributed by atoms with Crippen LogP contribution in [-0.4, -0.2) is 6.54 Å². The summed E-state index contributed by atoms with van der Waals surface area (Å²) in [5, 5.41) is 13.0. The molecular formula is C10H9N2. The highest BCUT2D eigenvalue weighted by Crippen LogP contribution is 2.15. The van der Waals surface area contributed by atoms with Crippen LogP contribution < -0.4 is 5.32 Å². The Kier molecular flexibility index (Phi) is 1.81. The topological polar surface area (TPSA) is 37.9 Å². The Bertz CT molecular complexity index is 336. The van der Waals surface area contributed by atoms with Gasteiger partial charge >= 0.3 is 0 Å². The van der Waals surface area contributed by atoms with Crippen molar-refractivity contribution in [3.63, 3.8) is 0 Å². The number of nitrogens with zero attached hydrogens (tertiary/aromatic N) is 2. The number of nitriles is 1. The van der Waals surface area contributed by atoms with E-state index in [1.54, 1.807) is 0 Å². The first-order valence-corrected chi connectivity index (χ1v) is 4.05. The van der Waals surface area contributed by atoms with Gasteiger partial charge in [-0.15, -0.1) is 0 Å². The summed E-state index contributed by atoms with van der Waals surface area (Å²) < 4.78 is 0. The van der Waals surface area contributed by atoms with E-state index in [2.05, 4.69) is 11.4 Å². The summed E-state index contributed by atoms with van der Waals surface area (Å²) in [7, 11) is 0. The zero-order valence-corrected chi connectivity index (χ0v) is 6.75. The van der Waals surface area contributed by atoms with E-state index in [4.69, 9.17) is 5.26 Å². The average Bonchev–Trinajstić information content (AvgIpc) is 2.17. The van der Waals surface area contributed by atoms with Crippen LogP contribution in [0.2, 0.25) is 0 Å². The molecule has 59 valence electrons. The molecule has 12 heavy (non-hydrogen) atoms. The maximum absolute atomic E-state index is 8.67. The molecule has 1 aromatic rings. The van der Waals surface area contributed by atoms with Gasteiger partial charge in [-0.25, -0.2) is 5.32 Å². The Balaban J connectivity index is 2.44. The van der Waals surface area contributed by atoms with Gasteiger partial charge in [0, 0.05) is 13.1 Å². The summed E-state index contributed by atoms with van der Waals surface area (Å²) in [5.41, 5.74) is 3.33. The van der Waals surface area contributed by atoms with Gasteiger partial charge in [-0.1, -0.05) is 6.07 Å². The van der Waals surface area contributed by atoms with E-state index >= 15 is 0 Å². The van der Waals surface area contributed by atoms with Crippen molar-refractivity contribution >= 4 is 0 Å². The van der Waals surface area contributed by atoms with Crippen LogP contribution in [0.25, 0.3) is 0 Å². The van der Waals surface area contributed by atoms with Gasteiger partial charge in [0.1, 0.15) is 0 Å². The van der Waals surface area contributed by atoms with Crippen molar-refractivity contribution < 1.29 is 0 Å². The van der Waals surface area contributed by atoms with E-state index in [0.29, 0.717) is 0 Å². The highest BCUT2D eigenvalue weighted by atomic mass is 14.9. The lowest BCUT2D eigenvalue weighted by atomic mass is 9.99.